The first-order valence-electron chi connectivity index (χ1n) is 8.88. The fraction of sp³-hybridized carbons (Fsp3) is 0.333. The minimum atomic E-state index is -0.315. The van der Waals surface area contributed by atoms with Gasteiger partial charge in [-0.2, -0.15) is 0 Å². The van der Waals surface area contributed by atoms with Gasteiger partial charge in [0.25, 0.3) is 0 Å². The van der Waals surface area contributed by atoms with E-state index in [1.165, 1.54) is 0 Å². The van der Waals surface area contributed by atoms with Gasteiger partial charge in [0.1, 0.15) is 0 Å². The van der Waals surface area contributed by atoms with E-state index >= 15 is 0 Å². The molecular weight excluding hydrogens is 348 g/mol. The average molecular weight is 371 g/mol. The molecule has 1 aliphatic rings. The molecule has 0 radical (unpaired) electrons. The molecule has 1 fully saturated rings. The summed E-state index contributed by atoms with van der Waals surface area (Å²) in [7, 11) is 0. The average Bonchev–Trinajstić information content (AvgIpc) is 3.03. The van der Waals surface area contributed by atoms with Crippen molar-refractivity contribution in [2.24, 2.45) is 5.92 Å². The van der Waals surface area contributed by atoms with Crippen molar-refractivity contribution >= 4 is 29.1 Å². The number of amides is 2. The van der Waals surface area contributed by atoms with Crippen molar-refractivity contribution in [3.05, 3.63) is 64.7 Å². The lowest BCUT2D eigenvalue weighted by molar-refractivity contribution is -0.136. The lowest BCUT2D eigenvalue weighted by Crippen LogP contribution is -2.37. The quantitative estimate of drug-likeness (QED) is 0.796. The van der Waals surface area contributed by atoms with Crippen LogP contribution in [0.3, 0.4) is 0 Å². The van der Waals surface area contributed by atoms with Crippen molar-refractivity contribution in [3.8, 4) is 0 Å². The van der Waals surface area contributed by atoms with Gasteiger partial charge in [0.15, 0.2) is 0 Å². The number of aryl methyl sites for hydroxylation is 1. The van der Waals surface area contributed by atoms with E-state index in [2.05, 4.69) is 0 Å². The van der Waals surface area contributed by atoms with Crippen LogP contribution in [0.5, 0.6) is 0 Å². The maximum Gasteiger partial charge on any atom is 0.228 e. The molecule has 1 unspecified atom stereocenters. The summed E-state index contributed by atoms with van der Waals surface area (Å²) in [6.45, 7) is 5.51. The van der Waals surface area contributed by atoms with Gasteiger partial charge in [-0.3, -0.25) is 9.59 Å². The highest BCUT2D eigenvalue weighted by Crippen LogP contribution is 2.31. The minimum Gasteiger partial charge on any atom is -0.338 e. The van der Waals surface area contributed by atoms with Crippen LogP contribution in [0, 0.1) is 12.8 Å². The van der Waals surface area contributed by atoms with Crippen LogP contribution in [0.25, 0.3) is 0 Å². The summed E-state index contributed by atoms with van der Waals surface area (Å²) in [5, 5.41) is 0.590. The molecular formula is C21H23ClN2O2. The molecule has 0 spiro atoms. The number of anilines is 1. The number of nitrogens with zero attached hydrogens (tertiary/aromatic N) is 2. The van der Waals surface area contributed by atoms with Gasteiger partial charge in [0.2, 0.25) is 11.8 Å². The summed E-state index contributed by atoms with van der Waals surface area (Å²) >= 11 is 6.09. The van der Waals surface area contributed by atoms with Gasteiger partial charge in [0.05, 0.1) is 5.92 Å². The SMILES string of the molecule is CCN(Cc1ccccc1)C(=O)C1CC(=O)N(c2cc(Cl)ccc2C)C1. The third kappa shape index (κ3) is 3.91. The Morgan fingerprint density at radius 3 is 2.65 bits per heavy atom. The van der Waals surface area contributed by atoms with Gasteiger partial charge in [0, 0.05) is 36.8 Å². The minimum absolute atomic E-state index is 0.0236. The lowest BCUT2D eigenvalue weighted by atomic mass is 10.1. The second-order valence-corrected chi connectivity index (χ2v) is 7.11. The summed E-state index contributed by atoms with van der Waals surface area (Å²) < 4.78 is 0. The number of hydrogen-bond donors (Lipinski definition) is 0. The molecule has 1 heterocycles. The number of benzene rings is 2. The molecule has 26 heavy (non-hydrogen) atoms. The van der Waals surface area contributed by atoms with E-state index in [0.29, 0.717) is 24.7 Å². The molecule has 0 saturated carbocycles. The zero-order chi connectivity index (χ0) is 18.7. The second kappa shape index (κ2) is 7.92. The van der Waals surface area contributed by atoms with Crippen LogP contribution in [0.2, 0.25) is 5.02 Å². The van der Waals surface area contributed by atoms with E-state index in [4.69, 9.17) is 11.6 Å². The van der Waals surface area contributed by atoms with E-state index in [-0.39, 0.29) is 24.2 Å². The van der Waals surface area contributed by atoms with Crippen molar-refractivity contribution in [3.63, 3.8) is 0 Å². The van der Waals surface area contributed by atoms with Crippen LogP contribution in [0.15, 0.2) is 48.5 Å². The Hall–Kier alpha value is -2.33. The molecule has 2 amide bonds. The normalized spacial score (nSPS) is 16.8. The molecule has 0 aliphatic carbocycles. The Bertz CT molecular complexity index is 807. The summed E-state index contributed by atoms with van der Waals surface area (Å²) in [5.41, 5.74) is 2.87. The molecule has 5 heteroatoms. The highest BCUT2D eigenvalue weighted by molar-refractivity contribution is 6.31. The Labute approximate surface area is 159 Å². The number of carbonyl (C=O) groups excluding carboxylic acids is 2. The number of halogens is 1. The molecule has 0 aromatic heterocycles. The van der Waals surface area contributed by atoms with Gasteiger partial charge in [-0.1, -0.05) is 48.0 Å². The first-order chi connectivity index (χ1) is 12.5. The molecule has 136 valence electrons. The Balaban J connectivity index is 1.74. The molecule has 0 N–H and O–H groups in total. The molecule has 1 aliphatic heterocycles. The van der Waals surface area contributed by atoms with Crippen LogP contribution in [0.1, 0.15) is 24.5 Å². The van der Waals surface area contributed by atoms with Gasteiger partial charge in [-0.25, -0.2) is 0 Å². The third-order valence-electron chi connectivity index (χ3n) is 4.85. The Kier molecular flexibility index (Phi) is 5.62. The topological polar surface area (TPSA) is 40.6 Å². The predicted octanol–water partition coefficient (Wildman–Crippen LogP) is 4.05. The first-order valence-corrected chi connectivity index (χ1v) is 9.26. The second-order valence-electron chi connectivity index (χ2n) is 6.67. The molecule has 0 bridgehead atoms. The fourth-order valence-electron chi connectivity index (χ4n) is 3.39. The maximum absolute atomic E-state index is 13.0. The Morgan fingerprint density at radius 2 is 1.96 bits per heavy atom. The van der Waals surface area contributed by atoms with Crippen LogP contribution in [-0.2, 0) is 16.1 Å². The molecule has 3 rings (SSSR count). The summed E-state index contributed by atoms with van der Waals surface area (Å²) in [5.74, 6) is -0.305. The lowest BCUT2D eigenvalue weighted by Gasteiger charge is -2.25. The van der Waals surface area contributed by atoms with Gasteiger partial charge >= 0.3 is 0 Å². The monoisotopic (exact) mass is 370 g/mol. The van der Waals surface area contributed by atoms with Gasteiger partial charge < -0.3 is 9.80 Å². The zero-order valence-corrected chi connectivity index (χ0v) is 15.9. The van der Waals surface area contributed by atoms with Crippen molar-refractivity contribution in [2.75, 3.05) is 18.0 Å². The summed E-state index contributed by atoms with van der Waals surface area (Å²) in [4.78, 5) is 29.0. The fourth-order valence-corrected chi connectivity index (χ4v) is 3.55. The van der Waals surface area contributed by atoms with E-state index in [1.54, 1.807) is 11.0 Å². The van der Waals surface area contributed by atoms with Crippen LogP contribution >= 0.6 is 11.6 Å². The number of rotatable bonds is 5. The predicted molar refractivity (Wildman–Crippen MR) is 104 cm³/mol. The molecule has 2 aromatic rings. The molecule has 4 nitrogen and oxygen atoms in total. The van der Waals surface area contributed by atoms with E-state index in [0.717, 1.165) is 16.8 Å². The first kappa shape index (κ1) is 18.5. The molecule has 2 aromatic carbocycles. The van der Waals surface area contributed by atoms with Crippen molar-refractivity contribution in [1.82, 2.24) is 4.90 Å². The van der Waals surface area contributed by atoms with E-state index < -0.39 is 0 Å². The van der Waals surface area contributed by atoms with Crippen molar-refractivity contribution in [1.29, 1.82) is 0 Å². The maximum atomic E-state index is 13.0. The number of carbonyl (C=O) groups is 2. The van der Waals surface area contributed by atoms with Gasteiger partial charge in [-0.05, 0) is 37.1 Å². The summed E-state index contributed by atoms with van der Waals surface area (Å²) in [6, 6.07) is 15.4. The largest absolute Gasteiger partial charge is 0.338 e. The number of hydrogen-bond acceptors (Lipinski definition) is 2. The highest BCUT2D eigenvalue weighted by Gasteiger charge is 2.37. The smallest absolute Gasteiger partial charge is 0.228 e. The standard InChI is InChI=1S/C21H23ClN2O2/c1-3-23(13-16-7-5-4-6-8-16)21(26)17-11-20(25)24(14-17)19-12-18(22)10-9-15(19)2/h4-10,12,17H,3,11,13-14H2,1-2H3. The van der Waals surface area contributed by atoms with Crippen molar-refractivity contribution < 1.29 is 9.59 Å². The zero-order valence-electron chi connectivity index (χ0n) is 15.1. The van der Waals surface area contributed by atoms with Crippen LogP contribution in [-0.4, -0.2) is 29.8 Å². The third-order valence-corrected chi connectivity index (χ3v) is 5.08. The van der Waals surface area contributed by atoms with E-state index in [9.17, 15) is 9.59 Å². The highest BCUT2D eigenvalue weighted by atomic mass is 35.5. The molecule has 1 saturated heterocycles. The molecule has 1 atom stereocenters. The van der Waals surface area contributed by atoms with Crippen LogP contribution in [0.4, 0.5) is 5.69 Å². The van der Waals surface area contributed by atoms with E-state index in [1.807, 2.05) is 61.2 Å². The van der Waals surface area contributed by atoms with Crippen molar-refractivity contribution in [2.45, 2.75) is 26.8 Å². The summed E-state index contributed by atoms with van der Waals surface area (Å²) in [6.07, 6.45) is 0.246. The Morgan fingerprint density at radius 1 is 1.23 bits per heavy atom. The van der Waals surface area contributed by atoms with Gasteiger partial charge in [-0.15, -0.1) is 0 Å². The van der Waals surface area contributed by atoms with Crippen LogP contribution < -0.4 is 4.90 Å².